The lowest BCUT2D eigenvalue weighted by molar-refractivity contribution is -0.0341. The maximum Gasteiger partial charge on any atom is 0.111 e. The molecule has 0 amide bonds. The van der Waals surface area contributed by atoms with Crippen molar-refractivity contribution in [2.45, 2.75) is 64.2 Å². The molecule has 0 aromatic rings. The van der Waals surface area contributed by atoms with Gasteiger partial charge < -0.3 is 4.74 Å². The van der Waals surface area contributed by atoms with E-state index in [1.165, 1.54) is 6.42 Å². The molecule has 82 valence electrons. The highest BCUT2D eigenvalue weighted by Gasteiger charge is 2.21. The molecule has 1 nitrogen and oxygen atoms in total. The van der Waals surface area contributed by atoms with Crippen LogP contribution in [0.15, 0.2) is 0 Å². The minimum absolute atomic E-state index is 0.0392. The summed E-state index contributed by atoms with van der Waals surface area (Å²) in [5, 5.41) is 0.273. The third-order valence-electron chi connectivity index (χ3n) is 2.22. The van der Waals surface area contributed by atoms with Crippen LogP contribution in [0, 0.1) is 0 Å². The molecule has 0 aliphatic rings. The van der Waals surface area contributed by atoms with Gasteiger partial charge in [-0.2, -0.15) is 0 Å². The van der Waals surface area contributed by atoms with E-state index in [-0.39, 0.29) is 10.9 Å². The van der Waals surface area contributed by atoms with Crippen LogP contribution >= 0.6 is 0 Å². The quantitative estimate of drug-likeness (QED) is 0.588. The first-order valence-electron chi connectivity index (χ1n) is 5.76. The zero-order valence-corrected chi connectivity index (χ0v) is 11.1. The van der Waals surface area contributed by atoms with Gasteiger partial charge in [0.1, 0.15) is 15.7 Å². The minimum atomic E-state index is 0.0392. The molecule has 3 heteroatoms. The Morgan fingerprint density at radius 1 is 1.21 bits per heavy atom. The highest BCUT2D eigenvalue weighted by atomic mass is 16.5. The van der Waals surface area contributed by atoms with Crippen LogP contribution in [0.2, 0.25) is 11.1 Å². The molecule has 14 heavy (non-hydrogen) atoms. The Kier molecular flexibility index (Phi) is 5.28. The van der Waals surface area contributed by atoms with Gasteiger partial charge >= 0.3 is 0 Å². The molecule has 1 unspecified atom stereocenters. The first kappa shape index (κ1) is 14.1. The third kappa shape index (κ3) is 8.68. The van der Waals surface area contributed by atoms with Crippen LogP contribution in [-0.4, -0.2) is 27.9 Å². The van der Waals surface area contributed by atoms with Gasteiger partial charge in [0.25, 0.3) is 0 Å². The van der Waals surface area contributed by atoms with E-state index in [1.807, 2.05) is 0 Å². The normalized spacial score (nSPS) is 15.5. The number of rotatable bonds is 6. The second-order valence-corrected chi connectivity index (χ2v) is 6.54. The Labute approximate surface area is 91.8 Å². The molecule has 0 radical (unpaired) electrons. The standard InChI is InChI=1S/C11H26B2O/c1-9(12)6-7-11(4,5)14-8-10(2,3)13/h9H,6-8,12-13H2,1-5H3. The summed E-state index contributed by atoms with van der Waals surface area (Å²) in [5.74, 6) is 0.771. The van der Waals surface area contributed by atoms with E-state index in [0.717, 1.165) is 18.8 Å². The summed E-state index contributed by atoms with van der Waals surface area (Å²) in [5.41, 5.74) is 0.0392. The van der Waals surface area contributed by atoms with Crippen LogP contribution in [-0.2, 0) is 4.74 Å². The van der Waals surface area contributed by atoms with E-state index in [0.29, 0.717) is 0 Å². The summed E-state index contributed by atoms with van der Waals surface area (Å²) in [6.45, 7) is 11.9. The third-order valence-corrected chi connectivity index (χ3v) is 2.22. The maximum atomic E-state index is 5.94. The van der Waals surface area contributed by atoms with Gasteiger partial charge in [-0.3, -0.25) is 0 Å². The molecule has 0 aromatic carbocycles. The van der Waals surface area contributed by atoms with Gasteiger partial charge in [-0.15, -0.1) is 0 Å². The van der Waals surface area contributed by atoms with E-state index in [4.69, 9.17) is 4.74 Å². The molecule has 0 heterocycles. The number of hydrogen-bond acceptors (Lipinski definition) is 1. The molecular weight excluding hydrogens is 170 g/mol. The van der Waals surface area contributed by atoms with Crippen LogP contribution < -0.4 is 0 Å². The fourth-order valence-corrected chi connectivity index (χ4v) is 1.12. The van der Waals surface area contributed by atoms with Crippen molar-refractivity contribution < 1.29 is 4.74 Å². The van der Waals surface area contributed by atoms with Crippen molar-refractivity contribution in [1.82, 2.24) is 0 Å². The van der Waals surface area contributed by atoms with Gasteiger partial charge in [0.05, 0.1) is 5.60 Å². The lowest BCUT2D eigenvalue weighted by atomic mass is 9.73. The summed E-state index contributed by atoms with van der Waals surface area (Å²) in [6, 6.07) is 0. The Hall–Kier alpha value is 0.0899. The largest absolute Gasteiger partial charge is 0.376 e. The van der Waals surface area contributed by atoms with Crippen LogP contribution in [0.4, 0.5) is 0 Å². The van der Waals surface area contributed by atoms with Crippen molar-refractivity contribution >= 4 is 15.7 Å². The Morgan fingerprint density at radius 3 is 2.07 bits per heavy atom. The molecule has 0 aliphatic carbocycles. The van der Waals surface area contributed by atoms with Crippen LogP contribution in [0.5, 0.6) is 0 Å². The molecule has 0 saturated heterocycles. The van der Waals surface area contributed by atoms with Gasteiger partial charge in [-0.1, -0.05) is 33.0 Å². The second kappa shape index (κ2) is 5.25. The van der Waals surface area contributed by atoms with E-state index < -0.39 is 0 Å². The molecular formula is C11H26B2O. The molecule has 0 bridgehead atoms. The molecule has 0 aliphatic heterocycles. The van der Waals surface area contributed by atoms with Gasteiger partial charge in [-0.25, -0.2) is 0 Å². The van der Waals surface area contributed by atoms with Crippen LogP contribution in [0.3, 0.4) is 0 Å². The number of ether oxygens (including phenoxy) is 1. The van der Waals surface area contributed by atoms with Gasteiger partial charge in [0, 0.05) is 6.61 Å². The van der Waals surface area contributed by atoms with Crippen molar-refractivity contribution in [3.8, 4) is 0 Å². The zero-order chi connectivity index (χ0) is 11.4. The van der Waals surface area contributed by atoms with E-state index in [2.05, 4.69) is 50.3 Å². The summed E-state index contributed by atoms with van der Waals surface area (Å²) in [7, 11) is 4.48. The Bertz CT molecular complexity index is 159. The van der Waals surface area contributed by atoms with Crippen molar-refractivity contribution in [3.63, 3.8) is 0 Å². The topological polar surface area (TPSA) is 9.23 Å². The average molecular weight is 196 g/mol. The number of hydrogen-bond donors (Lipinski definition) is 0. The van der Waals surface area contributed by atoms with Crippen LogP contribution in [0.1, 0.15) is 47.5 Å². The van der Waals surface area contributed by atoms with Gasteiger partial charge in [0.2, 0.25) is 0 Å². The first-order valence-corrected chi connectivity index (χ1v) is 5.76. The Balaban J connectivity index is 3.83. The fourth-order valence-electron chi connectivity index (χ4n) is 1.12. The predicted molar refractivity (Wildman–Crippen MR) is 69.8 cm³/mol. The van der Waals surface area contributed by atoms with E-state index in [1.54, 1.807) is 0 Å². The fraction of sp³-hybridized carbons (Fsp3) is 1.00. The molecule has 0 aromatic heterocycles. The highest BCUT2D eigenvalue weighted by Crippen LogP contribution is 2.26. The van der Waals surface area contributed by atoms with Crippen molar-refractivity contribution in [2.24, 2.45) is 0 Å². The van der Waals surface area contributed by atoms with Crippen molar-refractivity contribution in [3.05, 3.63) is 0 Å². The zero-order valence-electron chi connectivity index (χ0n) is 11.1. The van der Waals surface area contributed by atoms with Crippen molar-refractivity contribution in [2.75, 3.05) is 6.61 Å². The van der Waals surface area contributed by atoms with E-state index >= 15 is 0 Å². The monoisotopic (exact) mass is 196 g/mol. The minimum Gasteiger partial charge on any atom is -0.376 e. The average Bonchev–Trinajstić information content (AvgIpc) is 1.97. The second-order valence-electron chi connectivity index (χ2n) is 6.54. The van der Waals surface area contributed by atoms with Gasteiger partial charge in [0.15, 0.2) is 0 Å². The highest BCUT2D eigenvalue weighted by molar-refractivity contribution is 6.14. The molecule has 0 spiro atoms. The molecule has 0 saturated carbocycles. The maximum absolute atomic E-state index is 5.94. The van der Waals surface area contributed by atoms with Gasteiger partial charge in [-0.05, 0) is 25.6 Å². The van der Waals surface area contributed by atoms with Crippen LogP contribution in [0.25, 0.3) is 0 Å². The van der Waals surface area contributed by atoms with Crippen molar-refractivity contribution in [1.29, 1.82) is 0 Å². The molecule has 1 atom stereocenters. The summed E-state index contributed by atoms with van der Waals surface area (Å²) in [6.07, 6.45) is 2.40. The molecule has 0 rings (SSSR count). The smallest absolute Gasteiger partial charge is 0.111 e. The lowest BCUT2D eigenvalue weighted by Crippen LogP contribution is -2.28. The predicted octanol–water partition coefficient (Wildman–Crippen LogP) is 1.83. The van der Waals surface area contributed by atoms with E-state index in [9.17, 15) is 0 Å². The molecule has 0 N–H and O–H groups in total. The first-order chi connectivity index (χ1) is 6.12. The summed E-state index contributed by atoms with van der Waals surface area (Å²) in [4.78, 5) is 0. The summed E-state index contributed by atoms with van der Waals surface area (Å²) >= 11 is 0. The Morgan fingerprint density at radius 2 is 1.71 bits per heavy atom. The summed E-state index contributed by atoms with van der Waals surface area (Å²) < 4.78 is 5.94. The molecule has 0 fully saturated rings. The SMILES string of the molecule is BC(C)CCC(C)(C)OCC(B)(C)C. The lowest BCUT2D eigenvalue weighted by Gasteiger charge is -2.30.